The first-order chi connectivity index (χ1) is 19.5. The van der Waals surface area contributed by atoms with Gasteiger partial charge < -0.3 is 37.2 Å². The summed E-state index contributed by atoms with van der Waals surface area (Å²) in [6.07, 6.45) is 4.20. The smallest absolute Gasteiger partial charge is 1.00 e. The zero-order valence-electron chi connectivity index (χ0n) is 30.6. The predicted molar refractivity (Wildman–Crippen MR) is 189 cm³/mol. The molecule has 0 N–H and O–H groups in total. The Kier molecular flexibility index (Phi) is 16.7. The second kappa shape index (κ2) is 17.0. The average Bonchev–Trinajstić information content (AvgIpc) is 3.10. The van der Waals surface area contributed by atoms with Crippen molar-refractivity contribution >= 4 is 23.6 Å². The maximum Gasteiger partial charge on any atom is 4.00 e. The molecule has 0 heterocycles. The van der Waals surface area contributed by atoms with Crippen LogP contribution in [0.4, 0.5) is 0 Å². The molecule has 3 aromatic carbocycles. The molecule has 1 unspecified atom stereocenters. The molecule has 3 aromatic rings. The van der Waals surface area contributed by atoms with E-state index < -0.39 is 8.07 Å². The normalized spacial score (nSPS) is 16.3. The van der Waals surface area contributed by atoms with E-state index in [1.165, 1.54) is 65.7 Å². The summed E-state index contributed by atoms with van der Waals surface area (Å²) >= 11 is 0. The molecule has 5 heteroatoms. The van der Waals surface area contributed by atoms with Crippen LogP contribution in [0.1, 0.15) is 140 Å². The maximum atomic E-state index is 4.20. The Hall–Kier alpha value is -1.06. The van der Waals surface area contributed by atoms with Crippen molar-refractivity contribution in [1.82, 2.24) is 0 Å². The fourth-order valence-electron chi connectivity index (χ4n) is 7.27. The summed E-state index contributed by atoms with van der Waals surface area (Å²) in [4.78, 5) is 0. The van der Waals surface area contributed by atoms with Crippen molar-refractivity contribution in [2.75, 3.05) is 0 Å². The zero-order chi connectivity index (χ0) is 31.3. The van der Waals surface area contributed by atoms with Gasteiger partial charge in [-0.25, -0.2) is 5.57 Å². The monoisotopic (exact) mass is 728 g/mol. The van der Waals surface area contributed by atoms with Crippen molar-refractivity contribution in [3.05, 3.63) is 111 Å². The molecule has 248 valence electrons. The maximum absolute atomic E-state index is 4.20. The number of benzene rings is 3. The number of rotatable bonds is 8. The van der Waals surface area contributed by atoms with E-state index in [4.69, 9.17) is 0 Å². The van der Waals surface area contributed by atoms with Crippen LogP contribution in [0.3, 0.4) is 0 Å². The molecule has 0 aliphatic heterocycles. The summed E-state index contributed by atoms with van der Waals surface area (Å²) in [6.45, 7) is 32.9. The van der Waals surface area contributed by atoms with E-state index in [0.29, 0.717) is 23.7 Å². The van der Waals surface area contributed by atoms with Crippen molar-refractivity contribution in [3.63, 3.8) is 0 Å². The second-order valence-corrected chi connectivity index (χ2v) is 18.9. The molecule has 0 nitrogen and oxygen atoms in total. The van der Waals surface area contributed by atoms with Crippen LogP contribution < -0.4 is 52.8 Å². The van der Waals surface area contributed by atoms with Gasteiger partial charge in [0.25, 0.3) is 0 Å². The molecule has 1 aliphatic carbocycles. The molecule has 1 atom stereocenters. The Morgan fingerprint density at radius 1 is 0.500 bits per heavy atom. The minimum Gasteiger partial charge on any atom is -1.00 e. The number of halogens is 3. The summed E-state index contributed by atoms with van der Waals surface area (Å²) in [5, 5.41) is 4.31. The first-order valence-corrected chi connectivity index (χ1v) is 18.2. The van der Waals surface area contributed by atoms with Crippen LogP contribution >= 0.6 is 0 Å². The van der Waals surface area contributed by atoms with Gasteiger partial charge in [0.2, 0.25) is 0 Å². The number of allylic oxidation sites excluding steroid dienone is 4. The summed E-state index contributed by atoms with van der Waals surface area (Å²) in [5.74, 6) is 1.82. The Bertz CT molecular complexity index is 1430. The molecule has 0 aromatic heterocycles. The van der Waals surface area contributed by atoms with Gasteiger partial charge in [-0.1, -0.05) is 147 Å². The quantitative estimate of drug-likeness (QED) is 0.186. The Morgan fingerprint density at radius 3 is 1.07 bits per heavy atom. The zero-order valence-corrected chi connectivity index (χ0v) is 35.5. The molecular weight excluding hydrogens is 675 g/mol. The van der Waals surface area contributed by atoms with Crippen LogP contribution in [0, 0.1) is 19.9 Å². The number of hydrogen-bond donors (Lipinski definition) is 0. The fourth-order valence-corrected chi connectivity index (χ4v) is 13.5. The van der Waals surface area contributed by atoms with E-state index in [1.807, 2.05) is 0 Å². The van der Waals surface area contributed by atoms with Gasteiger partial charge in [-0.2, -0.15) is 11.1 Å². The third-order valence-electron chi connectivity index (χ3n) is 10.2. The summed E-state index contributed by atoms with van der Waals surface area (Å²) < 4.78 is 0. The molecule has 0 saturated carbocycles. The molecule has 4 rings (SSSR count). The van der Waals surface area contributed by atoms with Gasteiger partial charge in [0.05, 0.1) is 0 Å². The molecule has 0 fully saturated rings. The van der Waals surface area contributed by atoms with Gasteiger partial charge in [0, 0.05) is 0 Å². The van der Waals surface area contributed by atoms with Crippen molar-refractivity contribution in [2.45, 2.75) is 126 Å². The topological polar surface area (TPSA) is 0 Å². The van der Waals surface area contributed by atoms with Gasteiger partial charge in [0.15, 0.2) is 0 Å². The van der Waals surface area contributed by atoms with Crippen LogP contribution in [0.15, 0.2) is 71.3 Å². The molecule has 0 radical (unpaired) electrons. The van der Waals surface area contributed by atoms with Crippen molar-refractivity contribution in [1.29, 1.82) is 0 Å². The molecule has 0 spiro atoms. The largest absolute Gasteiger partial charge is 4.00 e. The molecule has 0 saturated heterocycles. The first-order valence-electron chi connectivity index (χ1n) is 16.2. The van der Waals surface area contributed by atoms with Crippen molar-refractivity contribution in [3.8, 4) is 0 Å². The Labute approximate surface area is 316 Å². The average molecular weight is 730 g/mol. The summed E-state index contributed by atoms with van der Waals surface area (Å²) in [7, 11) is -2.82. The van der Waals surface area contributed by atoms with Crippen molar-refractivity contribution in [2.24, 2.45) is 0 Å². The minimum atomic E-state index is -2.82. The van der Waals surface area contributed by atoms with Crippen LogP contribution in [-0.4, -0.2) is 8.07 Å². The van der Waals surface area contributed by atoms with E-state index in [1.54, 1.807) is 0 Å². The van der Waals surface area contributed by atoms with E-state index in [9.17, 15) is 0 Å². The standard InChI is InChI=1S/C41H55Si.3ClH.Ti/c1-25(2)34-18-35(26(3)4)21-39(20-34)42(38-16-29(9)15-30(10)17-38,41(14)24-31(11)32(12)33(41)13)40-22-36(27(5)6)19-37(23-40)28(7)8;;;;/h15-23,25-28H,1-14H3;3*1H;/q-1;;;;+4/p-3. The van der Waals surface area contributed by atoms with Gasteiger partial charge >= 0.3 is 21.7 Å². The van der Waals surface area contributed by atoms with Crippen LogP contribution in [0.2, 0.25) is 5.04 Å². The van der Waals surface area contributed by atoms with E-state index in [-0.39, 0.29) is 64.0 Å². The van der Waals surface area contributed by atoms with Crippen LogP contribution in [-0.2, 0) is 21.7 Å². The Morgan fingerprint density at radius 2 is 0.804 bits per heavy atom. The van der Waals surface area contributed by atoms with Crippen LogP contribution in [0.25, 0.3) is 0 Å². The van der Waals surface area contributed by atoms with E-state index in [2.05, 4.69) is 158 Å². The second-order valence-electron chi connectivity index (χ2n) is 14.6. The first kappa shape index (κ1) is 44.9. The SMILES string of the molecule is CC1=[C-]C(C)([Si](c2cc(C)cc(C)c2)(c2cc(C(C)C)cc(C(C)C)c2)c2cc(C(C)C)cc(C(C)C)c2)C(C)=C1C.[Cl-].[Cl-].[Cl-].[Ti+4]. The summed E-state index contributed by atoms with van der Waals surface area (Å²) in [6, 6.07) is 22.7. The third kappa shape index (κ3) is 8.04. The van der Waals surface area contributed by atoms with E-state index in [0.717, 1.165) is 0 Å². The van der Waals surface area contributed by atoms with E-state index >= 15 is 0 Å². The molecule has 0 amide bonds. The molecule has 46 heavy (non-hydrogen) atoms. The Balaban J connectivity index is 0.00000506. The molecular formula is C41H55Cl3SiTi. The van der Waals surface area contributed by atoms with Crippen molar-refractivity contribution < 1.29 is 58.9 Å². The number of aryl methyl sites for hydroxylation is 2. The van der Waals surface area contributed by atoms with Gasteiger partial charge in [0.1, 0.15) is 8.07 Å². The third-order valence-corrected chi connectivity index (χ3v) is 15.7. The summed E-state index contributed by atoms with van der Waals surface area (Å²) in [5.41, 5.74) is 12.7. The minimum absolute atomic E-state index is 0. The van der Waals surface area contributed by atoms with Gasteiger partial charge in [-0.3, -0.25) is 6.08 Å². The predicted octanol–water partition coefficient (Wildman–Crippen LogP) is 1.14. The van der Waals surface area contributed by atoms with Gasteiger partial charge in [-0.05, 0) is 75.3 Å². The molecule has 1 aliphatic rings. The molecule has 0 bridgehead atoms. The van der Waals surface area contributed by atoms with Crippen LogP contribution in [0.5, 0.6) is 0 Å². The van der Waals surface area contributed by atoms with Gasteiger partial charge in [-0.15, -0.1) is 6.92 Å². The fraction of sp³-hybridized carbons (Fsp3) is 0.463. The number of hydrogen-bond acceptors (Lipinski definition) is 0.